The second kappa shape index (κ2) is 9.36. The summed E-state index contributed by atoms with van der Waals surface area (Å²) >= 11 is 8.82. The average Bonchev–Trinajstić information content (AvgIpc) is 3.24. The van der Waals surface area contributed by atoms with Gasteiger partial charge in [0.05, 0.1) is 34.3 Å². The molecule has 0 bridgehead atoms. The van der Waals surface area contributed by atoms with Crippen molar-refractivity contribution in [2.24, 2.45) is 5.10 Å². The van der Waals surface area contributed by atoms with Gasteiger partial charge in [-0.2, -0.15) is 18.3 Å². The Balaban J connectivity index is 1.76. The first-order chi connectivity index (χ1) is 14.6. The van der Waals surface area contributed by atoms with Gasteiger partial charge in [-0.05, 0) is 48.0 Å². The molecule has 0 spiro atoms. The lowest BCUT2D eigenvalue weighted by Gasteiger charge is -2.10. The number of hydrogen-bond donors (Lipinski definition) is 2. The smallest absolute Gasteiger partial charge is 0.417 e. The minimum Gasteiger partial charge on any atom is -0.459 e. The molecule has 6 nitrogen and oxygen atoms in total. The minimum atomic E-state index is -4.62. The molecule has 160 valence electrons. The third-order valence-electron chi connectivity index (χ3n) is 3.89. The second-order valence-electron chi connectivity index (χ2n) is 6.06. The summed E-state index contributed by atoms with van der Waals surface area (Å²) in [7, 11) is 0. The predicted octanol–water partition coefficient (Wildman–Crippen LogP) is 5.73. The van der Waals surface area contributed by atoms with Crippen LogP contribution in [0.5, 0.6) is 0 Å². The quantitative estimate of drug-likeness (QED) is 0.337. The van der Waals surface area contributed by atoms with Crippen molar-refractivity contribution in [3.8, 4) is 0 Å². The zero-order valence-corrected chi connectivity index (χ0v) is 17.7. The number of alkyl halides is 3. The predicted molar refractivity (Wildman–Crippen MR) is 112 cm³/mol. The summed E-state index contributed by atoms with van der Waals surface area (Å²) in [5.41, 5.74) is 1.53. The molecule has 2 aromatic carbocycles. The molecule has 0 unspecified atom stereocenters. The maximum Gasteiger partial charge on any atom is 0.417 e. The van der Waals surface area contributed by atoms with Crippen LogP contribution in [-0.2, 0) is 6.18 Å². The standard InChI is InChI=1S/C20H12BrClF3N3O3/c21-12-4-6-16(27-19(30)17-2-1-7-31-17)13(9-12)18(29)28-26-10-11-3-5-15(22)14(8-11)20(23,24)25/h1-10H,(H,27,30)(H,28,29)/b26-10+. The Morgan fingerprint density at radius 1 is 1.10 bits per heavy atom. The zero-order chi connectivity index (χ0) is 22.6. The normalized spacial score (nSPS) is 11.5. The Morgan fingerprint density at radius 2 is 1.87 bits per heavy atom. The number of benzene rings is 2. The van der Waals surface area contributed by atoms with Crippen LogP contribution in [0, 0.1) is 0 Å². The molecule has 2 amide bonds. The number of anilines is 1. The molecule has 3 aromatic rings. The molecule has 1 aromatic heterocycles. The molecule has 0 saturated heterocycles. The highest BCUT2D eigenvalue weighted by molar-refractivity contribution is 9.10. The van der Waals surface area contributed by atoms with Crippen LogP contribution in [0.4, 0.5) is 18.9 Å². The number of hydrogen-bond acceptors (Lipinski definition) is 4. The van der Waals surface area contributed by atoms with Gasteiger partial charge in [-0.25, -0.2) is 5.43 Å². The number of halogens is 5. The number of furan rings is 1. The molecule has 0 radical (unpaired) electrons. The molecule has 0 aliphatic heterocycles. The molecular formula is C20H12BrClF3N3O3. The average molecular weight is 515 g/mol. The van der Waals surface area contributed by atoms with Crippen molar-refractivity contribution in [1.82, 2.24) is 5.43 Å². The van der Waals surface area contributed by atoms with Crippen molar-refractivity contribution in [2.75, 3.05) is 5.32 Å². The molecule has 2 N–H and O–H groups in total. The first-order valence-electron chi connectivity index (χ1n) is 8.49. The number of nitrogens with zero attached hydrogens (tertiary/aromatic N) is 1. The summed E-state index contributed by atoms with van der Waals surface area (Å²) < 4.78 is 44.4. The van der Waals surface area contributed by atoms with Gasteiger partial charge in [0.1, 0.15) is 0 Å². The lowest BCUT2D eigenvalue weighted by atomic mass is 10.1. The maximum atomic E-state index is 12.9. The lowest BCUT2D eigenvalue weighted by Crippen LogP contribution is -2.21. The second-order valence-corrected chi connectivity index (χ2v) is 7.38. The van der Waals surface area contributed by atoms with Crippen molar-refractivity contribution in [2.45, 2.75) is 6.18 Å². The summed E-state index contributed by atoms with van der Waals surface area (Å²) in [6, 6.07) is 10.8. The van der Waals surface area contributed by atoms with E-state index in [1.54, 1.807) is 12.1 Å². The Hall–Kier alpha value is -3.11. The number of hydrazone groups is 1. The van der Waals surface area contributed by atoms with Crippen LogP contribution >= 0.6 is 27.5 Å². The van der Waals surface area contributed by atoms with E-state index in [4.69, 9.17) is 16.0 Å². The van der Waals surface area contributed by atoms with Crippen LogP contribution in [0.25, 0.3) is 0 Å². The van der Waals surface area contributed by atoms with Gasteiger partial charge in [0.25, 0.3) is 11.8 Å². The van der Waals surface area contributed by atoms with Crippen LogP contribution in [0.2, 0.25) is 5.02 Å². The van der Waals surface area contributed by atoms with E-state index in [1.807, 2.05) is 0 Å². The third-order valence-corrected chi connectivity index (χ3v) is 4.72. The van der Waals surface area contributed by atoms with Crippen LogP contribution in [0.1, 0.15) is 32.0 Å². The fourth-order valence-electron chi connectivity index (χ4n) is 2.47. The number of amides is 2. The Bertz CT molecular complexity index is 1150. The number of carbonyl (C=O) groups excluding carboxylic acids is 2. The van der Waals surface area contributed by atoms with Crippen LogP contribution in [0.15, 0.2) is 68.8 Å². The molecule has 0 aliphatic carbocycles. The summed E-state index contributed by atoms with van der Waals surface area (Å²) in [4.78, 5) is 24.7. The maximum absolute atomic E-state index is 12.9. The van der Waals surface area contributed by atoms with Gasteiger partial charge in [-0.15, -0.1) is 0 Å². The van der Waals surface area contributed by atoms with Gasteiger partial charge >= 0.3 is 6.18 Å². The molecule has 31 heavy (non-hydrogen) atoms. The van der Waals surface area contributed by atoms with E-state index < -0.39 is 28.6 Å². The van der Waals surface area contributed by atoms with E-state index in [2.05, 4.69) is 31.8 Å². The molecule has 0 saturated carbocycles. The zero-order valence-electron chi connectivity index (χ0n) is 15.3. The van der Waals surface area contributed by atoms with Gasteiger partial charge in [-0.1, -0.05) is 33.6 Å². The van der Waals surface area contributed by atoms with E-state index in [9.17, 15) is 22.8 Å². The molecule has 3 rings (SSSR count). The summed E-state index contributed by atoms with van der Waals surface area (Å²) in [5, 5.41) is 5.80. The Morgan fingerprint density at radius 3 is 2.55 bits per heavy atom. The topological polar surface area (TPSA) is 83.7 Å². The number of rotatable bonds is 5. The highest BCUT2D eigenvalue weighted by atomic mass is 79.9. The van der Waals surface area contributed by atoms with Crippen molar-refractivity contribution >= 4 is 51.2 Å². The van der Waals surface area contributed by atoms with Crippen molar-refractivity contribution in [1.29, 1.82) is 0 Å². The molecular weight excluding hydrogens is 503 g/mol. The van der Waals surface area contributed by atoms with Gasteiger partial charge in [0, 0.05) is 4.47 Å². The molecule has 1 heterocycles. The lowest BCUT2D eigenvalue weighted by molar-refractivity contribution is -0.137. The summed E-state index contributed by atoms with van der Waals surface area (Å²) in [6.07, 6.45) is -2.25. The summed E-state index contributed by atoms with van der Waals surface area (Å²) in [6.45, 7) is 0. The Labute approximate surface area is 187 Å². The van der Waals surface area contributed by atoms with E-state index in [1.165, 1.54) is 30.5 Å². The van der Waals surface area contributed by atoms with Crippen LogP contribution < -0.4 is 10.7 Å². The van der Waals surface area contributed by atoms with E-state index in [0.717, 1.165) is 18.3 Å². The fourth-order valence-corrected chi connectivity index (χ4v) is 3.06. The third kappa shape index (κ3) is 5.74. The van der Waals surface area contributed by atoms with Crippen molar-refractivity contribution in [3.05, 3.63) is 86.7 Å². The SMILES string of the molecule is O=C(Nc1ccc(Br)cc1C(=O)N/N=C/c1ccc(Cl)c(C(F)(F)F)c1)c1ccco1. The van der Waals surface area contributed by atoms with Crippen molar-refractivity contribution < 1.29 is 27.2 Å². The number of carbonyl (C=O) groups is 2. The summed E-state index contributed by atoms with van der Waals surface area (Å²) in [5.74, 6) is -1.21. The van der Waals surface area contributed by atoms with Crippen molar-refractivity contribution in [3.63, 3.8) is 0 Å². The van der Waals surface area contributed by atoms with Gasteiger partial charge in [-0.3, -0.25) is 9.59 Å². The van der Waals surface area contributed by atoms with Gasteiger partial charge < -0.3 is 9.73 Å². The van der Waals surface area contributed by atoms with E-state index in [0.29, 0.717) is 4.47 Å². The van der Waals surface area contributed by atoms with Gasteiger partial charge in [0.15, 0.2) is 5.76 Å². The van der Waals surface area contributed by atoms with E-state index in [-0.39, 0.29) is 22.6 Å². The molecule has 11 heteroatoms. The fraction of sp³-hybridized carbons (Fsp3) is 0.0500. The first-order valence-corrected chi connectivity index (χ1v) is 9.67. The molecule has 0 atom stereocenters. The highest BCUT2D eigenvalue weighted by Gasteiger charge is 2.33. The highest BCUT2D eigenvalue weighted by Crippen LogP contribution is 2.34. The molecule has 0 aliphatic rings. The van der Waals surface area contributed by atoms with Crippen LogP contribution in [-0.4, -0.2) is 18.0 Å². The largest absolute Gasteiger partial charge is 0.459 e. The van der Waals surface area contributed by atoms with Gasteiger partial charge in [0.2, 0.25) is 0 Å². The monoisotopic (exact) mass is 513 g/mol. The minimum absolute atomic E-state index is 0.0514. The van der Waals surface area contributed by atoms with Crippen LogP contribution in [0.3, 0.4) is 0 Å². The first kappa shape index (κ1) is 22.6. The van der Waals surface area contributed by atoms with E-state index >= 15 is 0 Å². The number of nitrogens with one attached hydrogen (secondary N) is 2. The Kier molecular flexibility index (Phi) is 6.81. The molecule has 0 fully saturated rings.